The average molecular weight is 280 g/mol. The van der Waals surface area contributed by atoms with Crippen LogP contribution in [0.1, 0.15) is 44.9 Å². The highest BCUT2D eigenvalue weighted by Gasteiger charge is 2.30. The summed E-state index contributed by atoms with van der Waals surface area (Å²) in [6.07, 6.45) is 8.68. The van der Waals surface area contributed by atoms with Gasteiger partial charge in [0.2, 0.25) is 5.91 Å². The van der Waals surface area contributed by atoms with Crippen LogP contribution in [-0.4, -0.2) is 61.1 Å². The van der Waals surface area contributed by atoms with Crippen molar-refractivity contribution in [2.45, 2.75) is 51.0 Å². The maximum Gasteiger partial charge on any atom is 0.225 e. The monoisotopic (exact) mass is 280 g/mol. The van der Waals surface area contributed by atoms with Gasteiger partial charge in [-0.05, 0) is 58.0 Å². The summed E-state index contributed by atoms with van der Waals surface area (Å²) >= 11 is 0. The third kappa shape index (κ3) is 3.53. The van der Waals surface area contributed by atoms with Gasteiger partial charge >= 0.3 is 0 Å². The third-order valence-corrected chi connectivity index (χ3v) is 5.09. The molecule has 0 radical (unpaired) electrons. The number of ether oxygens (including phenoxy) is 1. The molecule has 0 bridgehead atoms. The van der Waals surface area contributed by atoms with Crippen molar-refractivity contribution in [2.24, 2.45) is 5.92 Å². The Morgan fingerprint density at radius 3 is 2.35 bits per heavy atom. The Labute approximate surface area is 122 Å². The first-order chi connectivity index (χ1) is 9.83. The van der Waals surface area contributed by atoms with Crippen LogP contribution in [0.3, 0.4) is 0 Å². The number of nitrogens with zero attached hydrogens (tertiary/aromatic N) is 2. The number of amides is 1. The molecule has 1 unspecified atom stereocenters. The first-order valence-electron chi connectivity index (χ1n) is 8.45. The molecule has 0 aromatic rings. The highest BCUT2D eigenvalue weighted by molar-refractivity contribution is 5.79. The van der Waals surface area contributed by atoms with Gasteiger partial charge < -0.3 is 14.5 Å². The minimum absolute atomic E-state index is 0.289. The van der Waals surface area contributed by atoms with Gasteiger partial charge in [0, 0.05) is 32.2 Å². The molecule has 3 aliphatic heterocycles. The van der Waals surface area contributed by atoms with Crippen LogP contribution < -0.4 is 0 Å². The second kappa shape index (κ2) is 6.90. The predicted octanol–water partition coefficient (Wildman–Crippen LogP) is 1.89. The van der Waals surface area contributed by atoms with E-state index in [0.717, 1.165) is 52.2 Å². The summed E-state index contributed by atoms with van der Waals surface area (Å²) in [5.74, 6) is 0.715. The lowest BCUT2D eigenvalue weighted by atomic mass is 9.95. The first kappa shape index (κ1) is 14.3. The van der Waals surface area contributed by atoms with E-state index in [1.165, 1.54) is 32.1 Å². The topological polar surface area (TPSA) is 32.8 Å². The van der Waals surface area contributed by atoms with Gasteiger partial charge in [0.1, 0.15) is 0 Å². The Balaban J connectivity index is 1.40. The third-order valence-electron chi connectivity index (χ3n) is 5.09. The van der Waals surface area contributed by atoms with Crippen molar-refractivity contribution in [1.29, 1.82) is 0 Å². The number of likely N-dealkylation sites (tertiary alicyclic amines) is 2. The number of carbonyl (C=O) groups excluding carboxylic acids is 1. The van der Waals surface area contributed by atoms with Gasteiger partial charge in [0.15, 0.2) is 0 Å². The van der Waals surface area contributed by atoms with Gasteiger partial charge in [-0.25, -0.2) is 0 Å². The van der Waals surface area contributed by atoms with Crippen LogP contribution in [0.4, 0.5) is 0 Å². The maximum atomic E-state index is 12.4. The lowest BCUT2D eigenvalue weighted by molar-refractivity contribution is -0.136. The van der Waals surface area contributed by atoms with Crippen molar-refractivity contribution >= 4 is 5.91 Å². The van der Waals surface area contributed by atoms with Crippen LogP contribution in [0.25, 0.3) is 0 Å². The number of piperidine rings is 1. The standard InChI is InChI=1S/C16H28N2O2/c19-16(18-8-2-3-9-18)14-6-10-17(11-7-14)13-15-5-1-4-12-20-15/h14-15H,1-13H2. The van der Waals surface area contributed by atoms with Crippen molar-refractivity contribution in [2.75, 3.05) is 39.3 Å². The minimum atomic E-state index is 0.289. The molecule has 4 heteroatoms. The lowest BCUT2D eigenvalue weighted by Gasteiger charge is -2.35. The molecule has 0 aromatic carbocycles. The second-order valence-corrected chi connectivity index (χ2v) is 6.60. The summed E-state index contributed by atoms with van der Waals surface area (Å²) in [6.45, 7) is 6.15. The zero-order valence-electron chi connectivity index (χ0n) is 12.6. The van der Waals surface area contributed by atoms with Crippen LogP contribution in [0.5, 0.6) is 0 Å². The van der Waals surface area contributed by atoms with Crippen LogP contribution in [0.15, 0.2) is 0 Å². The average Bonchev–Trinajstić information content (AvgIpc) is 3.03. The molecule has 3 saturated heterocycles. The summed E-state index contributed by atoms with van der Waals surface area (Å²) < 4.78 is 5.82. The van der Waals surface area contributed by atoms with Crippen molar-refractivity contribution in [3.63, 3.8) is 0 Å². The molecule has 0 spiro atoms. The zero-order valence-corrected chi connectivity index (χ0v) is 12.6. The van der Waals surface area contributed by atoms with Gasteiger partial charge in [-0.3, -0.25) is 4.79 Å². The van der Waals surface area contributed by atoms with Crippen LogP contribution in [-0.2, 0) is 9.53 Å². The van der Waals surface area contributed by atoms with E-state index in [1.807, 2.05) is 0 Å². The molecular formula is C16H28N2O2. The molecule has 114 valence electrons. The molecule has 0 aromatic heterocycles. The van der Waals surface area contributed by atoms with Crippen molar-refractivity contribution in [3.05, 3.63) is 0 Å². The van der Waals surface area contributed by atoms with Crippen molar-refractivity contribution in [3.8, 4) is 0 Å². The molecule has 0 N–H and O–H groups in total. The van der Waals surface area contributed by atoms with Crippen LogP contribution in [0.2, 0.25) is 0 Å². The molecule has 0 saturated carbocycles. The molecule has 3 fully saturated rings. The molecule has 3 rings (SSSR count). The van der Waals surface area contributed by atoms with Crippen molar-refractivity contribution in [1.82, 2.24) is 9.80 Å². The molecule has 1 atom stereocenters. The maximum absolute atomic E-state index is 12.4. The number of carbonyl (C=O) groups is 1. The van der Waals surface area contributed by atoms with E-state index in [0.29, 0.717) is 12.0 Å². The molecule has 3 aliphatic rings. The molecule has 1 amide bonds. The predicted molar refractivity (Wildman–Crippen MR) is 78.6 cm³/mol. The van der Waals surface area contributed by atoms with Gasteiger partial charge in [-0.1, -0.05) is 0 Å². The zero-order chi connectivity index (χ0) is 13.8. The van der Waals surface area contributed by atoms with E-state index in [9.17, 15) is 4.79 Å². The summed E-state index contributed by atoms with van der Waals surface area (Å²) in [6, 6.07) is 0. The Morgan fingerprint density at radius 2 is 1.70 bits per heavy atom. The highest BCUT2D eigenvalue weighted by atomic mass is 16.5. The van der Waals surface area contributed by atoms with Gasteiger partial charge in [-0.15, -0.1) is 0 Å². The van der Waals surface area contributed by atoms with E-state index >= 15 is 0 Å². The molecule has 0 aliphatic carbocycles. The summed E-state index contributed by atoms with van der Waals surface area (Å²) in [5.41, 5.74) is 0. The van der Waals surface area contributed by atoms with E-state index in [4.69, 9.17) is 4.74 Å². The first-order valence-corrected chi connectivity index (χ1v) is 8.45. The second-order valence-electron chi connectivity index (χ2n) is 6.60. The lowest BCUT2D eigenvalue weighted by Crippen LogP contribution is -2.44. The Hall–Kier alpha value is -0.610. The molecule has 3 heterocycles. The Morgan fingerprint density at radius 1 is 0.950 bits per heavy atom. The van der Waals surface area contributed by atoms with Gasteiger partial charge in [-0.2, -0.15) is 0 Å². The quantitative estimate of drug-likeness (QED) is 0.791. The minimum Gasteiger partial charge on any atom is -0.377 e. The fourth-order valence-corrected chi connectivity index (χ4v) is 3.80. The van der Waals surface area contributed by atoms with Crippen LogP contribution >= 0.6 is 0 Å². The number of hydrogen-bond acceptors (Lipinski definition) is 3. The molecule has 20 heavy (non-hydrogen) atoms. The van der Waals surface area contributed by atoms with E-state index in [1.54, 1.807) is 0 Å². The summed E-state index contributed by atoms with van der Waals surface area (Å²) in [5, 5.41) is 0. The normalized spacial score (nSPS) is 29.8. The molecular weight excluding hydrogens is 252 g/mol. The summed E-state index contributed by atoms with van der Waals surface area (Å²) in [7, 11) is 0. The van der Waals surface area contributed by atoms with Gasteiger partial charge in [0.05, 0.1) is 6.10 Å². The Bertz CT molecular complexity index is 314. The SMILES string of the molecule is O=C(C1CCN(CC2CCCCO2)CC1)N1CCCC1. The highest BCUT2D eigenvalue weighted by Crippen LogP contribution is 2.23. The Kier molecular flexibility index (Phi) is 4.94. The summed E-state index contributed by atoms with van der Waals surface area (Å²) in [4.78, 5) is 17.0. The van der Waals surface area contributed by atoms with E-state index < -0.39 is 0 Å². The van der Waals surface area contributed by atoms with E-state index in [-0.39, 0.29) is 5.92 Å². The van der Waals surface area contributed by atoms with E-state index in [2.05, 4.69) is 9.80 Å². The number of hydrogen-bond donors (Lipinski definition) is 0. The fraction of sp³-hybridized carbons (Fsp3) is 0.938. The van der Waals surface area contributed by atoms with Gasteiger partial charge in [0.25, 0.3) is 0 Å². The smallest absolute Gasteiger partial charge is 0.225 e. The molecule has 4 nitrogen and oxygen atoms in total. The van der Waals surface area contributed by atoms with Crippen LogP contribution in [0, 0.1) is 5.92 Å². The largest absolute Gasteiger partial charge is 0.377 e. The van der Waals surface area contributed by atoms with Crippen molar-refractivity contribution < 1.29 is 9.53 Å². The fourth-order valence-electron chi connectivity index (χ4n) is 3.80. The number of rotatable bonds is 3.